The molecule has 0 aliphatic rings. The molecule has 0 atom stereocenters. The van der Waals surface area contributed by atoms with E-state index in [0.717, 1.165) is 5.56 Å². The van der Waals surface area contributed by atoms with E-state index in [1.54, 1.807) is 19.1 Å². The Balaban J connectivity index is 2.52. The second-order valence-corrected chi connectivity index (χ2v) is 4.53. The molecule has 0 bridgehead atoms. The fourth-order valence-electron chi connectivity index (χ4n) is 1.67. The number of methoxy groups -OCH3 is 1. The monoisotopic (exact) mass is 292 g/mol. The molecule has 0 spiro atoms. The lowest BCUT2D eigenvalue weighted by atomic mass is 10.1. The van der Waals surface area contributed by atoms with Crippen LogP contribution in [0.25, 0.3) is 0 Å². The van der Waals surface area contributed by atoms with Gasteiger partial charge in [-0.3, -0.25) is 14.4 Å². The lowest BCUT2D eigenvalue weighted by Gasteiger charge is -2.19. The van der Waals surface area contributed by atoms with Crippen LogP contribution in [0.4, 0.5) is 0 Å². The molecule has 2 amide bonds. The summed E-state index contributed by atoms with van der Waals surface area (Å²) in [6.07, 6.45) is 0. The third kappa shape index (κ3) is 5.25. The average Bonchev–Trinajstić information content (AvgIpc) is 2.50. The number of benzene rings is 1. The topological polar surface area (TPSA) is 75.7 Å². The number of carbonyl (C=O) groups is 3. The second kappa shape index (κ2) is 8.04. The molecule has 114 valence electrons. The highest BCUT2D eigenvalue weighted by atomic mass is 16.5. The Bertz CT molecular complexity index is 511. The van der Waals surface area contributed by atoms with Crippen LogP contribution in [0.2, 0.25) is 0 Å². The first kappa shape index (κ1) is 16.7. The van der Waals surface area contributed by atoms with Crippen LogP contribution in [0.5, 0.6) is 0 Å². The number of hydrogen-bond acceptors (Lipinski definition) is 4. The lowest BCUT2D eigenvalue weighted by Crippen LogP contribution is -2.42. The van der Waals surface area contributed by atoms with Crippen molar-refractivity contribution in [3.05, 3.63) is 35.4 Å². The maximum atomic E-state index is 11.9. The molecule has 0 aliphatic heterocycles. The molecule has 21 heavy (non-hydrogen) atoms. The molecule has 0 radical (unpaired) electrons. The first-order chi connectivity index (χ1) is 9.97. The van der Waals surface area contributed by atoms with Crippen LogP contribution in [0, 0.1) is 6.92 Å². The summed E-state index contributed by atoms with van der Waals surface area (Å²) >= 11 is 0. The van der Waals surface area contributed by atoms with Gasteiger partial charge in [0.1, 0.15) is 6.54 Å². The summed E-state index contributed by atoms with van der Waals surface area (Å²) in [4.78, 5) is 36.3. The zero-order chi connectivity index (χ0) is 15.8. The molecule has 0 saturated heterocycles. The molecule has 1 aromatic carbocycles. The van der Waals surface area contributed by atoms with Crippen molar-refractivity contribution in [1.82, 2.24) is 10.2 Å². The molecular weight excluding hydrogens is 272 g/mol. The molecular formula is C15H20N2O4. The smallest absolute Gasteiger partial charge is 0.325 e. The molecule has 6 heteroatoms. The second-order valence-electron chi connectivity index (χ2n) is 4.53. The van der Waals surface area contributed by atoms with Gasteiger partial charge in [-0.2, -0.15) is 0 Å². The van der Waals surface area contributed by atoms with E-state index < -0.39 is 5.97 Å². The minimum atomic E-state index is -0.491. The van der Waals surface area contributed by atoms with E-state index in [9.17, 15) is 14.4 Å². The van der Waals surface area contributed by atoms with Crippen LogP contribution in [0.1, 0.15) is 22.8 Å². The van der Waals surface area contributed by atoms with Crippen molar-refractivity contribution in [2.24, 2.45) is 0 Å². The molecule has 6 nitrogen and oxygen atoms in total. The van der Waals surface area contributed by atoms with Crippen LogP contribution < -0.4 is 5.32 Å². The third-order valence-electron chi connectivity index (χ3n) is 3.00. The Morgan fingerprint density at radius 2 is 1.81 bits per heavy atom. The minimum Gasteiger partial charge on any atom is -0.468 e. The van der Waals surface area contributed by atoms with E-state index >= 15 is 0 Å². The Hall–Kier alpha value is -2.37. The fourth-order valence-corrected chi connectivity index (χ4v) is 1.67. The van der Waals surface area contributed by atoms with Gasteiger partial charge in [-0.05, 0) is 26.0 Å². The maximum Gasteiger partial charge on any atom is 0.325 e. The van der Waals surface area contributed by atoms with Gasteiger partial charge in [-0.1, -0.05) is 17.7 Å². The molecule has 0 aliphatic carbocycles. The molecule has 0 aromatic heterocycles. The summed E-state index contributed by atoms with van der Waals surface area (Å²) in [5.74, 6) is -1.14. The van der Waals surface area contributed by atoms with E-state index in [1.165, 1.54) is 12.0 Å². The van der Waals surface area contributed by atoms with Crippen LogP contribution in [0.3, 0.4) is 0 Å². The standard InChI is InChI=1S/C15H20N2O4/c1-4-17(10-14(19)21-3)13(18)9-16-15(20)12-7-5-11(2)6-8-12/h5-8H,4,9-10H2,1-3H3,(H,16,20). The number of amides is 2. The van der Waals surface area contributed by atoms with Gasteiger partial charge >= 0.3 is 5.97 Å². The number of hydrogen-bond donors (Lipinski definition) is 1. The van der Waals surface area contributed by atoms with E-state index in [4.69, 9.17) is 0 Å². The maximum absolute atomic E-state index is 11.9. The third-order valence-corrected chi connectivity index (χ3v) is 3.00. The Kier molecular flexibility index (Phi) is 6.39. The number of rotatable bonds is 6. The number of carbonyl (C=O) groups excluding carboxylic acids is 3. The van der Waals surface area contributed by atoms with Crippen LogP contribution >= 0.6 is 0 Å². The summed E-state index contributed by atoms with van der Waals surface area (Å²) in [6, 6.07) is 7.04. The summed E-state index contributed by atoms with van der Waals surface area (Å²) in [5.41, 5.74) is 1.54. The summed E-state index contributed by atoms with van der Waals surface area (Å²) in [6.45, 7) is 3.78. The molecule has 1 N–H and O–H groups in total. The van der Waals surface area contributed by atoms with Gasteiger partial charge in [-0.25, -0.2) is 0 Å². The number of esters is 1. The highest BCUT2D eigenvalue weighted by Gasteiger charge is 2.16. The van der Waals surface area contributed by atoms with Gasteiger partial charge in [0.15, 0.2) is 0 Å². The number of ether oxygens (including phenoxy) is 1. The number of nitrogens with one attached hydrogen (secondary N) is 1. The van der Waals surface area contributed by atoms with E-state index in [2.05, 4.69) is 10.1 Å². The predicted molar refractivity (Wildman–Crippen MR) is 77.8 cm³/mol. The quantitative estimate of drug-likeness (QED) is 0.785. The highest BCUT2D eigenvalue weighted by molar-refractivity contribution is 5.96. The van der Waals surface area contributed by atoms with Crippen molar-refractivity contribution >= 4 is 17.8 Å². The first-order valence-corrected chi connectivity index (χ1v) is 6.67. The number of nitrogens with zero attached hydrogens (tertiary/aromatic N) is 1. The van der Waals surface area contributed by atoms with Crippen molar-refractivity contribution in [2.75, 3.05) is 26.7 Å². The zero-order valence-corrected chi connectivity index (χ0v) is 12.5. The lowest BCUT2D eigenvalue weighted by molar-refractivity contribution is -0.146. The van der Waals surface area contributed by atoms with Gasteiger partial charge < -0.3 is 15.0 Å². The van der Waals surface area contributed by atoms with Crippen LogP contribution in [-0.4, -0.2) is 49.4 Å². The average molecular weight is 292 g/mol. The van der Waals surface area contributed by atoms with Gasteiger partial charge in [0, 0.05) is 12.1 Å². The number of likely N-dealkylation sites (N-methyl/N-ethyl adjacent to an activating group) is 1. The summed E-state index contributed by atoms with van der Waals surface area (Å²) < 4.78 is 4.52. The Labute approximate surface area is 124 Å². The molecule has 0 heterocycles. The summed E-state index contributed by atoms with van der Waals surface area (Å²) in [7, 11) is 1.26. The van der Waals surface area contributed by atoms with E-state index in [0.29, 0.717) is 12.1 Å². The van der Waals surface area contributed by atoms with Crippen molar-refractivity contribution in [2.45, 2.75) is 13.8 Å². The molecule has 0 saturated carbocycles. The number of aryl methyl sites for hydroxylation is 1. The molecule has 1 rings (SSSR count). The van der Waals surface area contributed by atoms with Crippen molar-refractivity contribution < 1.29 is 19.1 Å². The zero-order valence-electron chi connectivity index (χ0n) is 12.5. The van der Waals surface area contributed by atoms with Crippen molar-refractivity contribution in [3.63, 3.8) is 0 Å². The Morgan fingerprint density at radius 1 is 1.19 bits per heavy atom. The largest absolute Gasteiger partial charge is 0.468 e. The first-order valence-electron chi connectivity index (χ1n) is 6.67. The van der Waals surface area contributed by atoms with Gasteiger partial charge in [0.05, 0.1) is 13.7 Å². The predicted octanol–water partition coefficient (Wildman–Crippen LogP) is 0.746. The van der Waals surface area contributed by atoms with Gasteiger partial charge in [0.25, 0.3) is 5.91 Å². The van der Waals surface area contributed by atoms with E-state index in [-0.39, 0.29) is 24.9 Å². The van der Waals surface area contributed by atoms with Gasteiger partial charge in [0.2, 0.25) is 5.91 Å². The van der Waals surface area contributed by atoms with Crippen molar-refractivity contribution in [3.8, 4) is 0 Å². The molecule has 0 unspecified atom stereocenters. The fraction of sp³-hybridized carbons (Fsp3) is 0.400. The molecule has 1 aromatic rings. The minimum absolute atomic E-state index is 0.119. The normalized spacial score (nSPS) is 9.86. The van der Waals surface area contributed by atoms with E-state index in [1.807, 2.05) is 19.1 Å². The SMILES string of the molecule is CCN(CC(=O)OC)C(=O)CNC(=O)c1ccc(C)cc1. The summed E-state index contributed by atoms with van der Waals surface area (Å²) in [5, 5.41) is 2.54. The van der Waals surface area contributed by atoms with Gasteiger partial charge in [-0.15, -0.1) is 0 Å². The van der Waals surface area contributed by atoms with Crippen LogP contribution in [0.15, 0.2) is 24.3 Å². The van der Waals surface area contributed by atoms with Crippen molar-refractivity contribution in [1.29, 1.82) is 0 Å². The molecule has 0 fully saturated rings. The van der Waals surface area contributed by atoms with Crippen LogP contribution in [-0.2, 0) is 14.3 Å². The highest BCUT2D eigenvalue weighted by Crippen LogP contribution is 2.02. The Morgan fingerprint density at radius 3 is 2.33 bits per heavy atom.